The van der Waals surface area contributed by atoms with Crippen molar-refractivity contribution in [3.63, 3.8) is 0 Å². The average Bonchev–Trinajstić information content (AvgIpc) is 2.81. The molecular weight excluding hydrogens is 380 g/mol. The summed E-state index contributed by atoms with van der Waals surface area (Å²) in [5, 5.41) is 6.53. The van der Waals surface area contributed by atoms with Crippen molar-refractivity contribution in [3.05, 3.63) is 71.3 Å². The van der Waals surface area contributed by atoms with Crippen LogP contribution in [0.15, 0.2) is 54.6 Å². The summed E-state index contributed by atoms with van der Waals surface area (Å²) < 4.78 is 0. The predicted octanol–water partition coefficient (Wildman–Crippen LogP) is 6.67. The Balaban J connectivity index is 1.49. The molecule has 0 fully saturated rings. The van der Waals surface area contributed by atoms with E-state index in [-0.39, 0.29) is 5.91 Å². The van der Waals surface area contributed by atoms with E-state index in [1.54, 1.807) is 0 Å². The fraction of sp³-hybridized carbons (Fsp3) is 0.536. The third-order valence-electron chi connectivity index (χ3n) is 5.79. The van der Waals surface area contributed by atoms with E-state index in [0.717, 1.165) is 38.0 Å². The number of unbranched alkanes of at least 4 members (excludes halogenated alkanes) is 9. The second-order valence-corrected chi connectivity index (χ2v) is 8.55. The molecule has 1 amide bonds. The first-order valence-electron chi connectivity index (χ1n) is 12.4. The molecule has 0 atom stereocenters. The van der Waals surface area contributed by atoms with Gasteiger partial charge >= 0.3 is 0 Å². The Kier molecular flexibility index (Phi) is 13.4. The minimum Gasteiger partial charge on any atom is -0.352 e. The molecule has 0 aliphatic rings. The largest absolute Gasteiger partial charge is 0.352 e. The molecule has 0 aromatic heterocycles. The standard InChI is InChI=1S/C28H42N2O/c1-2-3-4-5-6-7-8-9-10-14-22-30-28(31)27-19-17-26(18-20-27)24-29-23-21-25-15-12-11-13-16-25/h11-13,15-20,29H,2-10,14,21-24H2,1H3,(H,30,31). The Morgan fingerprint density at radius 2 is 1.29 bits per heavy atom. The van der Waals surface area contributed by atoms with Crippen LogP contribution in [0.2, 0.25) is 0 Å². The minimum atomic E-state index is 0.0412. The number of hydrogen-bond acceptors (Lipinski definition) is 2. The van der Waals surface area contributed by atoms with E-state index >= 15 is 0 Å². The van der Waals surface area contributed by atoms with E-state index in [0.29, 0.717) is 0 Å². The number of carbonyl (C=O) groups excluding carboxylic acids is 1. The number of benzene rings is 2. The van der Waals surface area contributed by atoms with E-state index in [9.17, 15) is 4.79 Å². The Morgan fingerprint density at radius 1 is 0.677 bits per heavy atom. The molecule has 2 aromatic rings. The van der Waals surface area contributed by atoms with Gasteiger partial charge in [0.2, 0.25) is 0 Å². The number of hydrogen-bond donors (Lipinski definition) is 2. The molecule has 0 spiro atoms. The van der Waals surface area contributed by atoms with Crippen LogP contribution >= 0.6 is 0 Å². The first-order chi connectivity index (χ1) is 15.3. The van der Waals surface area contributed by atoms with Gasteiger partial charge in [0.05, 0.1) is 0 Å². The molecule has 2 rings (SSSR count). The van der Waals surface area contributed by atoms with Crippen LogP contribution in [0.3, 0.4) is 0 Å². The molecular formula is C28H42N2O. The van der Waals surface area contributed by atoms with Gasteiger partial charge in [-0.3, -0.25) is 4.79 Å². The van der Waals surface area contributed by atoms with Crippen molar-refractivity contribution in [3.8, 4) is 0 Å². The van der Waals surface area contributed by atoms with Gasteiger partial charge < -0.3 is 10.6 Å². The Morgan fingerprint density at radius 3 is 1.94 bits per heavy atom. The highest BCUT2D eigenvalue weighted by Crippen LogP contribution is 2.10. The minimum absolute atomic E-state index is 0.0412. The summed E-state index contributed by atoms with van der Waals surface area (Å²) in [5.41, 5.74) is 3.31. The van der Waals surface area contributed by atoms with E-state index in [2.05, 4.69) is 41.8 Å². The first kappa shape index (κ1) is 25.1. The van der Waals surface area contributed by atoms with Gasteiger partial charge in [0.15, 0.2) is 0 Å². The lowest BCUT2D eigenvalue weighted by atomic mass is 10.1. The van der Waals surface area contributed by atoms with Gasteiger partial charge in [-0.2, -0.15) is 0 Å². The Hall–Kier alpha value is -2.13. The fourth-order valence-corrected chi connectivity index (χ4v) is 3.80. The van der Waals surface area contributed by atoms with Crippen LogP contribution in [-0.2, 0) is 13.0 Å². The highest BCUT2D eigenvalue weighted by atomic mass is 16.1. The summed E-state index contributed by atoms with van der Waals surface area (Å²) in [6.45, 7) is 4.82. The summed E-state index contributed by atoms with van der Waals surface area (Å²) in [6.07, 6.45) is 14.2. The molecule has 0 aliphatic heterocycles. The van der Waals surface area contributed by atoms with Gasteiger partial charge in [0.25, 0.3) is 5.91 Å². The van der Waals surface area contributed by atoms with Crippen LogP contribution in [0.4, 0.5) is 0 Å². The smallest absolute Gasteiger partial charge is 0.251 e. The first-order valence-corrected chi connectivity index (χ1v) is 12.4. The third kappa shape index (κ3) is 11.7. The summed E-state index contributed by atoms with van der Waals surface area (Å²) in [7, 11) is 0. The predicted molar refractivity (Wildman–Crippen MR) is 132 cm³/mol. The van der Waals surface area contributed by atoms with Crippen LogP contribution in [0, 0.1) is 0 Å². The Bertz CT molecular complexity index is 697. The molecule has 170 valence electrons. The van der Waals surface area contributed by atoms with Crippen LogP contribution in [0.1, 0.15) is 92.6 Å². The molecule has 2 aromatic carbocycles. The van der Waals surface area contributed by atoms with Crippen molar-refractivity contribution in [2.45, 2.75) is 84.1 Å². The molecule has 0 heterocycles. The molecule has 0 bridgehead atoms. The van der Waals surface area contributed by atoms with Crippen LogP contribution in [0.25, 0.3) is 0 Å². The van der Waals surface area contributed by atoms with Crippen LogP contribution in [-0.4, -0.2) is 19.0 Å². The fourth-order valence-electron chi connectivity index (χ4n) is 3.80. The van der Waals surface area contributed by atoms with Gasteiger partial charge in [0, 0.05) is 18.7 Å². The summed E-state index contributed by atoms with van der Waals surface area (Å²) >= 11 is 0. The summed E-state index contributed by atoms with van der Waals surface area (Å²) in [6, 6.07) is 18.5. The maximum atomic E-state index is 12.3. The maximum Gasteiger partial charge on any atom is 0.251 e. The average molecular weight is 423 g/mol. The van der Waals surface area contributed by atoms with E-state index in [1.807, 2.05) is 30.3 Å². The van der Waals surface area contributed by atoms with Crippen molar-refractivity contribution in [2.75, 3.05) is 13.1 Å². The lowest BCUT2D eigenvalue weighted by molar-refractivity contribution is 0.0953. The van der Waals surface area contributed by atoms with Crippen LogP contribution in [0.5, 0.6) is 0 Å². The van der Waals surface area contributed by atoms with Crippen molar-refractivity contribution in [1.29, 1.82) is 0 Å². The summed E-state index contributed by atoms with van der Waals surface area (Å²) in [4.78, 5) is 12.3. The zero-order chi connectivity index (χ0) is 22.0. The zero-order valence-corrected chi connectivity index (χ0v) is 19.5. The SMILES string of the molecule is CCCCCCCCCCCCNC(=O)c1ccc(CNCCc2ccccc2)cc1. The molecule has 0 aliphatic carbocycles. The van der Waals surface area contributed by atoms with E-state index in [1.165, 1.54) is 68.9 Å². The van der Waals surface area contributed by atoms with Gasteiger partial charge in [-0.1, -0.05) is 107 Å². The number of nitrogens with one attached hydrogen (secondary N) is 2. The molecule has 2 N–H and O–H groups in total. The molecule has 0 saturated heterocycles. The molecule has 0 unspecified atom stereocenters. The monoisotopic (exact) mass is 422 g/mol. The van der Waals surface area contributed by atoms with Crippen molar-refractivity contribution in [1.82, 2.24) is 10.6 Å². The normalized spacial score (nSPS) is 10.9. The molecule has 31 heavy (non-hydrogen) atoms. The quantitative estimate of drug-likeness (QED) is 0.280. The van der Waals surface area contributed by atoms with Gasteiger partial charge in [-0.15, -0.1) is 0 Å². The zero-order valence-electron chi connectivity index (χ0n) is 19.5. The second kappa shape index (κ2) is 16.5. The van der Waals surface area contributed by atoms with E-state index < -0.39 is 0 Å². The third-order valence-corrected chi connectivity index (χ3v) is 5.79. The maximum absolute atomic E-state index is 12.3. The molecule has 0 saturated carbocycles. The number of carbonyl (C=O) groups is 1. The highest BCUT2D eigenvalue weighted by molar-refractivity contribution is 5.94. The Labute approximate surface area is 190 Å². The topological polar surface area (TPSA) is 41.1 Å². The van der Waals surface area contributed by atoms with Crippen molar-refractivity contribution < 1.29 is 4.79 Å². The molecule has 3 heteroatoms. The lowest BCUT2D eigenvalue weighted by Gasteiger charge is -2.08. The number of rotatable bonds is 17. The van der Waals surface area contributed by atoms with Gasteiger partial charge in [0.1, 0.15) is 0 Å². The van der Waals surface area contributed by atoms with Gasteiger partial charge in [-0.05, 0) is 42.6 Å². The van der Waals surface area contributed by atoms with Crippen molar-refractivity contribution >= 4 is 5.91 Å². The van der Waals surface area contributed by atoms with E-state index in [4.69, 9.17) is 0 Å². The number of amides is 1. The van der Waals surface area contributed by atoms with Crippen LogP contribution < -0.4 is 10.6 Å². The van der Waals surface area contributed by atoms with Gasteiger partial charge in [-0.25, -0.2) is 0 Å². The van der Waals surface area contributed by atoms with Crippen molar-refractivity contribution in [2.24, 2.45) is 0 Å². The highest BCUT2D eigenvalue weighted by Gasteiger charge is 2.04. The second-order valence-electron chi connectivity index (χ2n) is 8.55. The summed E-state index contributed by atoms with van der Waals surface area (Å²) in [5.74, 6) is 0.0412. The molecule has 0 radical (unpaired) electrons. The molecule has 3 nitrogen and oxygen atoms in total. The lowest BCUT2D eigenvalue weighted by Crippen LogP contribution is -2.24.